The fourth-order valence-corrected chi connectivity index (χ4v) is 2.40. The Bertz CT molecular complexity index is 816. The maximum atomic E-state index is 12.1. The summed E-state index contributed by atoms with van der Waals surface area (Å²) in [6, 6.07) is 13.3. The minimum absolute atomic E-state index is 0.0516. The highest BCUT2D eigenvalue weighted by molar-refractivity contribution is 5.89. The Kier molecular flexibility index (Phi) is 6.93. The van der Waals surface area contributed by atoms with Gasteiger partial charge in [-0.25, -0.2) is 9.59 Å². The first kappa shape index (κ1) is 20.0. The van der Waals surface area contributed by atoms with Crippen LogP contribution in [0.15, 0.2) is 48.5 Å². The smallest absolute Gasteiger partial charge is 0.335 e. The van der Waals surface area contributed by atoms with E-state index < -0.39 is 5.97 Å². The average molecular weight is 369 g/mol. The van der Waals surface area contributed by atoms with Gasteiger partial charge >= 0.3 is 12.0 Å². The van der Waals surface area contributed by atoms with Gasteiger partial charge in [0.25, 0.3) is 0 Å². The molecule has 0 saturated heterocycles. The van der Waals surface area contributed by atoms with Crippen LogP contribution in [-0.4, -0.2) is 29.1 Å². The second kappa shape index (κ2) is 9.38. The van der Waals surface area contributed by atoms with Crippen LogP contribution in [0.25, 0.3) is 0 Å². The molecule has 3 amide bonds. The molecule has 4 N–H and O–H groups in total. The number of carboxylic acid groups (broad SMARTS) is 1. The summed E-state index contributed by atoms with van der Waals surface area (Å²) in [4.78, 5) is 34.7. The molecule has 2 rings (SSSR count). The number of rotatable bonds is 7. The van der Waals surface area contributed by atoms with Crippen molar-refractivity contribution in [3.8, 4) is 0 Å². The van der Waals surface area contributed by atoms with Gasteiger partial charge in [-0.2, -0.15) is 0 Å². The lowest BCUT2D eigenvalue weighted by Crippen LogP contribution is -2.34. The molecule has 0 heterocycles. The Morgan fingerprint density at radius 2 is 1.70 bits per heavy atom. The van der Waals surface area contributed by atoms with Gasteiger partial charge in [-0.15, -0.1) is 0 Å². The molecule has 0 unspecified atom stereocenters. The molecule has 0 spiro atoms. The zero-order chi connectivity index (χ0) is 19.8. The first-order valence-electron chi connectivity index (χ1n) is 8.59. The predicted octanol–water partition coefficient (Wildman–Crippen LogP) is 2.77. The van der Waals surface area contributed by atoms with Crippen molar-refractivity contribution in [3.63, 3.8) is 0 Å². The number of hydrogen-bond donors (Lipinski definition) is 4. The lowest BCUT2D eigenvalue weighted by atomic mass is 10.1. The second-order valence-corrected chi connectivity index (χ2v) is 6.41. The normalized spacial score (nSPS) is 10.3. The van der Waals surface area contributed by atoms with E-state index in [0.29, 0.717) is 17.8 Å². The molecule has 0 aliphatic rings. The van der Waals surface area contributed by atoms with Crippen LogP contribution in [-0.2, 0) is 17.8 Å². The molecule has 0 aliphatic carbocycles. The quantitative estimate of drug-likeness (QED) is 0.602. The second-order valence-electron chi connectivity index (χ2n) is 6.41. The van der Waals surface area contributed by atoms with E-state index in [-0.39, 0.29) is 30.0 Å². The third kappa shape index (κ3) is 6.81. The zero-order valence-corrected chi connectivity index (χ0v) is 15.3. The number of aromatic carboxylic acids is 1. The number of anilines is 1. The monoisotopic (exact) mass is 369 g/mol. The van der Waals surface area contributed by atoms with Crippen LogP contribution in [0, 0.1) is 0 Å². The molecule has 7 nitrogen and oxygen atoms in total. The van der Waals surface area contributed by atoms with Gasteiger partial charge in [-0.1, -0.05) is 24.3 Å². The predicted molar refractivity (Wildman–Crippen MR) is 103 cm³/mol. The molecule has 2 aromatic carbocycles. The minimum Gasteiger partial charge on any atom is -0.478 e. The number of hydrogen-bond acceptors (Lipinski definition) is 3. The van der Waals surface area contributed by atoms with E-state index in [1.807, 2.05) is 26.0 Å². The Labute approximate surface area is 157 Å². The van der Waals surface area contributed by atoms with Gasteiger partial charge in [0.05, 0.1) is 12.0 Å². The first-order chi connectivity index (χ1) is 12.8. The molecule has 0 atom stereocenters. The third-order valence-corrected chi connectivity index (χ3v) is 3.66. The fourth-order valence-electron chi connectivity index (χ4n) is 2.40. The standard InChI is InChI=1S/C20H23N3O4/c1-13(2)22-20(27)23-17-8-6-14(7-9-17)12-21-18(24)11-15-4-3-5-16(10-15)19(25)26/h3-10,13H,11-12H2,1-2H3,(H,21,24)(H,25,26)(H2,22,23,27). The Balaban J connectivity index is 1.84. The highest BCUT2D eigenvalue weighted by Gasteiger charge is 2.08. The summed E-state index contributed by atoms with van der Waals surface area (Å²) in [5, 5.41) is 17.2. The first-order valence-corrected chi connectivity index (χ1v) is 8.59. The van der Waals surface area contributed by atoms with E-state index in [0.717, 1.165) is 5.56 Å². The lowest BCUT2D eigenvalue weighted by Gasteiger charge is -2.11. The average Bonchev–Trinajstić information content (AvgIpc) is 2.60. The van der Waals surface area contributed by atoms with Crippen LogP contribution in [0.1, 0.15) is 35.3 Å². The van der Waals surface area contributed by atoms with Crippen LogP contribution >= 0.6 is 0 Å². The number of carbonyl (C=O) groups excluding carboxylic acids is 2. The Morgan fingerprint density at radius 3 is 2.33 bits per heavy atom. The van der Waals surface area contributed by atoms with Gasteiger partial charge in [0.15, 0.2) is 0 Å². The van der Waals surface area contributed by atoms with Gasteiger partial charge in [0.2, 0.25) is 5.91 Å². The van der Waals surface area contributed by atoms with Gasteiger partial charge in [0.1, 0.15) is 0 Å². The number of carbonyl (C=O) groups is 3. The van der Waals surface area contributed by atoms with Gasteiger partial charge < -0.3 is 21.1 Å². The number of benzene rings is 2. The topological polar surface area (TPSA) is 108 Å². The van der Waals surface area contributed by atoms with Gasteiger partial charge in [-0.3, -0.25) is 4.79 Å². The molecular formula is C20H23N3O4. The van der Waals surface area contributed by atoms with Crippen molar-refractivity contribution < 1.29 is 19.5 Å². The van der Waals surface area contributed by atoms with Crippen molar-refractivity contribution in [1.29, 1.82) is 0 Å². The van der Waals surface area contributed by atoms with E-state index >= 15 is 0 Å². The third-order valence-electron chi connectivity index (χ3n) is 3.66. The molecule has 0 bridgehead atoms. The summed E-state index contributed by atoms with van der Waals surface area (Å²) in [6.07, 6.45) is 0.107. The van der Waals surface area contributed by atoms with E-state index in [1.54, 1.807) is 24.3 Å². The molecule has 0 saturated carbocycles. The summed E-state index contributed by atoms with van der Waals surface area (Å²) >= 11 is 0. The largest absolute Gasteiger partial charge is 0.478 e. The van der Waals surface area contributed by atoms with Gasteiger partial charge in [-0.05, 0) is 49.2 Å². The molecular weight excluding hydrogens is 346 g/mol. The molecule has 7 heteroatoms. The molecule has 27 heavy (non-hydrogen) atoms. The number of nitrogens with one attached hydrogen (secondary N) is 3. The van der Waals surface area contributed by atoms with E-state index in [4.69, 9.17) is 5.11 Å². The number of amides is 3. The summed E-state index contributed by atoms with van der Waals surface area (Å²) in [7, 11) is 0. The van der Waals surface area contributed by atoms with Crippen molar-refractivity contribution in [2.75, 3.05) is 5.32 Å². The molecule has 0 aromatic heterocycles. The van der Waals surface area contributed by atoms with Crippen molar-refractivity contribution in [2.45, 2.75) is 32.9 Å². The molecule has 2 aromatic rings. The van der Waals surface area contributed by atoms with Gasteiger partial charge in [0, 0.05) is 18.3 Å². The molecule has 0 radical (unpaired) electrons. The summed E-state index contributed by atoms with van der Waals surface area (Å²) < 4.78 is 0. The summed E-state index contributed by atoms with van der Waals surface area (Å²) in [6.45, 7) is 4.10. The van der Waals surface area contributed by atoms with Crippen molar-refractivity contribution >= 4 is 23.6 Å². The van der Waals surface area contributed by atoms with Crippen molar-refractivity contribution in [2.24, 2.45) is 0 Å². The summed E-state index contributed by atoms with van der Waals surface area (Å²) in [5.41, 5.74) is 2.35. The molecule has 0 fully saturated rings. The highest BCUT2D eigenvalue weighted by atomic mass is 16.4. The Hall–Kier alpha value is -3.35. The van der Waals surface area contributed by atoms with Crippen LogP contribution < -0.4 is 16.0 Å². The number of urea groups is 1. The molecule has 142 valence electrons. The zero-order valence-electron chi connectivity index (χ0n) is 15.3. The van der Waals surface area contributed by atoms with Crippen molar-refractivity contribution in [1.82, 2.24) is 10.6 Å². The summed E-state index contributed by atoms with van der Waals surface area (Å²) in [5.74, 6) is -1.22. The lowest BCUT2D eigenvalue weighted by molar-refractivity contribution is -0.120. The molecule has 0 aliphatic heterocycles. The van der Waals surface area contributed by atoms with Crippen LogP contribution in [0.2, 0.25) is 0 Å². The van der Waals surface area contributed by atoms with Crippen LogP contribution in [0.4, 0.5) is 10.5 Å². The van der Waals surface area contributed by atoms with Crippen LogP contribution in [0.5, 0.6) is 0 Å². The van der Waals surface area contributed by atoms with E-state index in [1.165, 1.54) is 12.1 Å². The van der Waals surface area contributed by atoms with E-state index in [2.05, 4.69) is 16.0 Å². The minimum atomic E-state index is -1.02. The maximum absolute atomic E-state index is 12.1. The SMILES string of the molecule is CC(C)NC(=O)Nc1ccc(CNC(=O)Cc2cccc(C(=O)O)c2)cc1. The number of carboxylic acids is 1. The van der Waals surface area contributed by atoms with E-state index in [9.17, 15) is 14.4 Å². The van der Waals surface area contributed by atoms with Crippen molar-refractivity contribution in [3.05, 3.63) is 65.2 Å². The highest BCUT2D eigenvalue weighted by Crippen LogP contribution is 2.10. The van der Waals surface area contributed by atoms with Crippen LogP contribution in [0.3, 0.4) is 0 Å². The maximum Gasteiger partial charge on any atom is 0.335 e. The fraction of sp³-hybridized carbons (Fsp3) is 0.250. The Morgan fingerprint density at radius 1 is 1.00 bits per heavy atom.